The Hall–Kier alpha value is -4.59. The van der Waals surface area contributed by atoms with E-state index in [4.69, 9.17) is 4.74 Å². The van der Waals surface area contributed by atoms with Gasteiger partial charge in [-0.1, -0.05) is 73.5 Å². The first kappa shape index (κ1) is 28.4. The van der Waals surface area contributed by atoms with Gasteiger partial charge in [0, 0.05) is 17.9 Å². The summed E-state index contributed by atoms with van der Waals surface area (Å²) in [6.45, 7) is 8.40. The van der Waals surface area contributed by atoms with Crippen molar-refractivity contribution in [1.29, 1.82) is 0 Å². The Bertz CT molecular complexity index is 1420. The number of unbranched alkanes of at least 4 members (excludes halogenated alkanes) is 1. The Kier molecular flexibility index (Phi) is 9.22. The third-order valence-corrected chi connectivity index (χ3v) is 6.71. The lowest BCUT2D eigenvalue weighted by molar-refractivity contribution is -0.138. The maximum atomic E-state index is 13.5. The van der Waals surface area contributed by atoms with Crippen molar-refractivity contribution in [2.45, 2.75) is 46.6 Å². The second kappa shape index (κ2) is 13.0. The number of urea groups is 2. The van der Waals surface area contributed by atoms with E-state index in [9.17, 15) is 14.4 Å². The standard InChI is InChI=1S/C32H36N4O4/c1-5-7-18-36-29(23-12-9-8-10-13-23)27(30(37)40-6-2)28(35-32(36)39)24-14-11-15-25(20-24)33-31(38)34-26-17-16-21(3)19-22(26)4/h8-17,19-20,28H,5-7,18H2,1-4H3,(H,35,39)(H2,33,34,38). The van der Waals surface area contributed by atoms with Gasteiger partial charge in [-0.25, -0.2) is 14.4 Å². The summed E-state index contributed by atoms with van der Waals surface area (Å²) in [6, 6.07) is 20.9. The van der Waals surface area contributed by atoms with Crippen molar-refractivity contribution in [3.05, 3.63) is 101 Å². The van der Waals surface area contributed by atoms with Gasteiger partial charge in [-0.2, -0.15) is 0 Å². The summed E-state index contributed by atoms with van der Waals surface area (Å²) in [5.74, 6) is -0.501. The Morgan fingerprint density at radius 2 is 1.73 bits per heavy atom. The highest BCUT2D eigenvalue weighted by Crippen LogP contribution is 2.37. The van der Waals surface area contributed by atoms with Crippen LogP contribution in [-0.4, -0.2) is 36.1 Å². The Labute approximate surface area is 235 Å². The highest BCUT2D eigenvalue weighted by molar-refractivity contribution is 6.05. The summed E-state index contributed by atoms with van der Waals surface area (Å²) in [4.78, 5) is 41.4. The largest absolute Gasteiger partial charge is 0.463 e. The zero-order chi connectivity index (χ0) is 28.6. The van der Waals surface area contributed by atoms with Crippen LogP contribution in [-0.2, 0) is 9.53 Å². The highest BCUT2D eigenvalue weighted by Gasteiger charge is 2.38. The zero-order valence-electron chi connectivity index (χ0n) is 23.4. The fourth-order valence-corrected chi connectivity index (χ4v) is 4.80. The molecule has 1 atom stereocenters. The van der Waals surface area contributed by atoms with E-state index in [1.807, 2.05) is 68.4 Å². The number of esters is 1. The Balaban J connectivity index is 1.72. The van der Waals surface area contributed by atoms with Gasteiger partial charge in [0.05, 0.1) is 23.9 Å². The molecule has 0 fully saturated rings. The van der Waals surface area contributed by atoms with Gasteiger partial charge < -0.3 is 20.7 Å². The van der Waals surface area contributed by atoms with Crippen LogP contribution in [0.1, 0.15) is 55.0 Å². The average Bonchev–Trinajstić information content (AvgIpc) is 2.94. The SMILES string of the molecule is CCCCN1C(=O)NC(c2cccc(NC(=O)Nc3ccc(C)cc3C)c2)C(C(=O)OCC)=C1c1ccccc1. The number of hydrogen-bond donors (Lipinski definition) is 3. The number of ether oxygens (including phenoxy) is 1. The van der Waals surface area contributed by atoms with E-state index < -0.39 is 18.0 Å². The molecule has 208 valence electrons. The molecule has 0 aliphatic carbocycles. The van der Waals surface area contributed by atoms with Crippen molar-refractivity contribution >= 4 is 35.1 Å². The minimum atomic E-state index is -0.774. The molecular formula is C32H36N4O4. The maximum absolute atomic E-state index is 13.5. The molecule has 0 bridgehead atoms. The predicted molar refractivity (Wildman–Crippen MR) is 158 cm³/mol. The third-order valence-electron chi connectivity index (χ3n) is 6.71. The van der Waals surface area contributed by atoms with E-state index in [1.54, 1.807) is 30.0 Å². The molecule has 40 heavy (non-hydrogen) atoms. The highest BCUT2D eigenvalue weighted by atomic mass is 16.5. The fraction of sp³-hybridized carbons (Fsp3) is 0.281. The lowest BCUT2D eigenvalue weighted by atomic mass is 9.91. The topological polar surface area (TPSA) is 99.8 Å². The second-order valence-electron chi connectivity index (χ2n) is 9.76. The van der Waals surface area contributed by atoms with E-state index in [2.05, 4.69) is 22.9 Å². The van der Waals surface area contributed by atoms with Crippen LogP contribution >= 0.6 is 0 Å². The molecule has 4 rings (SSSR count). The van der Waals surface area contributed by atoms with Crippen molar-refractivity contribution in [2.75, 3.05) is 23.8 Å². The number of rotatable bonds is 9. The van der Waals surface area contributed by atoms with Crippen molar-refractivity contribution < 1.29 is 19.1 Å². The van der Waals surface area contributed by atoms with Gasteiger partial charge in [0.1, 0.15) is 0 Å². The van der Waals surface area contributed by atoms with Gasteiger partial charge in [0.25, 0.3) is 0 Å². The van der Waals surface area contributed by atoms with Gasteiger partial charge in [0.2, 0.25) is 0 Å². The number of benzene rings is 3. The second-order valence-corrected chi connectivity index (χ2v) is 9.76. The van der Waals surface area contributed by atoms with E-state index in [0.717, 1.165) is 29.5 Å². The molecule has 1 aliphatic rings. The number of hydrogen-bond acceptors (Lipinski definition) is 4. The van der Waals surface area contributed by atoms with Gasteiger partial charge >= 0.3 is 18.0 Å². The summed E-state index contributed by atoms with van der Waals surface area (Å²) in [6.07, 6.45) is 1.67. The molecule has 0 saturated carbocycles. The first-order valence-electron chi connectivity index (χ1n) is 13.6. The monoisotopic (exact) mass is 540 g/mol. The van der Waals surface area contributed by atoms with E-state index >= 15 is 0 Å². The molecule has 1 heterocycles. The van der Waals surface area contributed by atoms with Gasteiger partial charge in [-0.15, -0.1) is 0 Å². The van der Waals surface area contributed by atoms with Crippen molar-refractivity contribution in [2.24, 2.45) is 0 Å². The molecule has 3 aromatic carbocycles. The van der Waals surface area contributed by atoms with E-state index in [-0.39, 0.29) is 12.6 Å². The molecule has 8 heteroatoms. The smallest absolute Gasteiger partial charge is 0.338 e. The lowest BCUT2D eigenvalue weighted by Crippen LogP contribution is -2.48. The average molecular weight is 541 g/mol. The van der Waals surface area contributed by atoms with E-state index in [0.29, 0.717) is 34.8 Å². The molecule has 0 radical (unpaired) electrons. The van der Waals surface area contributed by atoms with Crippen LogP contribution < -0.4 is 16.0 Å². The van der Waals surface area contributed by atoms with Gasteiger partial charge in [0.15, 0.2) is 0 Å². The summed E-state index contributed by atoms with van der Waals surface area (Å²) in [7, 11) is 0. The number of amides is 4. The molecule has 0 spiro atoms. The number of nitrogens with one attached hydrogen (secondary N) is 3. The maximum Gasteiger partial charge on any atom is 0.338 e. The number of carbonyl (C=O) groups is 3. The summed E-state index contributed by atoms with van der Waals surface area (Å²) < 4.78 is 5.50. The third kappa shape index (κ3) is 6.51. The number of anilines is 2. The lowest BCUT2D eigenvalue weighted by Gasteiger charge is -2.37. The summed E-state index contributed by atoms with van der Waals surface area (Å²) in [5, 5.41) is 8.76. The van der Waals surface area contributed by atoms with Crippen molar-refractivity contribution in [1.82, 2.24) is 10.2 Å². The molecule has 3 aromatic rings. The normalized spacial score (nSPS) is 14.9. The zero-order valence-corrected chi connectivity index (χ0v) is 23.4. The van der Waals surface area contributed by atoms with Crippen LogP contribution in [0.4, 0.5) is 21.0 Å². The quantitative estimate of drug-likeness (QED) is 0.260. The summed E-state index contributed by atoms with van der Waals surface area (Å²) >= 11 is 0. The number of aryl methyl sites for hydroxylation is 2. The Morgan fingerprint density at radius 3 is 2.42 bits per heavy atom. The molecule has 0 aromatic heterocycles. The van der Waals surface area contributed by atoms with Crippen LogP contribution in [0, 0.1) is 13.8 Å². The minimum absolute atomic E-state index is 0.195. The van der Waals surface area contributed by atoms with Gasteiger partial charge in [-0.05, 0) is 62.1 Å². The predicted octanol–water partition coefficient (Wildman–Crippen LogP) is 6.79. The van der Waals surface area contributed by atoms with Crippen LogP contribution in [0.25, 0.3) is 5.70 Å². The van der Waals surface area contributed by atoms with E-state index in [1.165, 1.54) is 0 Å². The van der Waals surface area contributed by atoms with Crippen molar-refractivity contribution in [3.8, 4) is 0 Å². The Morgan fingerprint density at radius 1 is 0.950 bits per heavy atom. The number of nitrogens with zero attached hydrogens (tertiary/aromatic N) is 1. The number of carbonyl (C=O) groups excluding carboxylic acids is 3. The van der Waals surface area contributed by atoms with Crippen LogP contribution in [0.2, 0.25) is 0 Å². The first-order valence-corrected chi connectivity index (χ1v) is 13.6. The van der Waals surface area contributed by atoms with Crippen molar-refractivity contribution in [3.63, 3.8) is 0 Å². The molecule has 1 unspecified atom stereocenters. The fourth-order valence-electron chi connectivity index (χ4n) is 4.80. The molecule has 1 aliphatic heterocycles. The minimum Gasteiger partial charge on any atom is -0.463 e. The molecule has 0 saturated heterocycles. The first-order chi connectivity index (χ1) is 19.3. The van der Waals surface area contributed by atoms with Crippen LogP contribution in [0.3, 0.4) is 0 Å². The van der Waals surface area contributed by atoms with Crippen LogP contribution in [0.5, 0.6) is 0 Å². The van der Waals surface area contributed by atoms with Crippen LogP contribution in [0.15, 0.2) is 78.4 Å². The van der Waals surface area contributed by atoms with Gasteiger partial charge in [-0.3, -0.25) is 4.90 Å². The summed E-state index contributed by atoms with van der Waals surface area (Å²) in [5.41, 5.74) is 5.58. The molecule has 3 N–H and O–H groups in total. The molecule has 8 nitrogen and oxygen atoms in total. The molecular weight excluding hydrogens is 504 g/mol. The molecule has 4 amide bonds.